The van der Waals surface area contributed by atoms with E-state index < -0.39 is 12.0 Å². The molecule has 1 atom stereocenters. The van der Waals surface area contributed by atoms with E-state index in [1.807, 2.05) is 31.2 Å². The summed E-state index contributed by atoms with van der Waals surface area (Å²) in [6.45, 7) is 7.77. The zero-order chi connectivity index (χ0) is 17.0. The van der Waals surface area contributed by atoms with Crippen LogP contribution in [0.5, 0.6) is 0 Å². The van der Waals surface area contributed by atoms with E-state index in [4.69, 9.17) is 4.74 Å². The van der Waals surface area contributed by atoms with Crippen molar-refractivity contribution in [2.75, 3.05) is 13.2 Å². The third-order valence-electron chi connectivity index (χ3n) is 3.67. The molecule has 6 heteroatoms. The van der Waals surface area contributed by atoms with Gasteiger partial charge in [0, 0.05) is 16.7 Å². The Morgan fingerprint density at radius 1 is 1.43 bits per heavy atom. The summed E-state index contributed by atoms with van der Waals surface area (Å²) in [5.74, 6) is -0.450. The zero-order valence-corrected chi connectivity index (χ0v) is 14.7. The Bertz CT molecular complexity index is 652. The van der Waals surface area contributed by atoms with Crippen molar-refractivity contribution in [2.45, 2.75) is 19.9 Å². The van der Waals surface area contributed by atoms with Crippen molar-refractivity contribution in [3.05, 3.63) is 58.2 Å². The molecule has 0 radical (unpaired) electrons. The molecular formula is C17H19BrN2O3. The number of allylic oxidation sites excluding steroid dienone is 1. The second-order valence-electron chi connectivity index (χ2n) is 5.06. The number of benzene rings is 1. The molecule has 5 nitrogen and oxygen atoms in total. The van der Waals surface area contributed by atoms with Gasteiger partial charge in [-0.2, -0.15) is 0 Å². The van der Waals surface area contributed by atoms with Gasteiger partial charge in [-0.05, 0) is 31.5 Å². The van der Waals surface area contributed by atoms with Gasteiger partial charge in [-0.3, -0.25) is 4.90 Å². The summed E-state index contributed by atoms with van der Waals surface area (Å²) < 4.78 is 6.13. The summed E-state index contributed by atoms with van der Waals surface area (Å²) >= 11 is 3.38. The van der Waals surface area contributed by atoms with Crippen molar-refractivity contribution in [2.24, 2.45) is 0 Å². The molecule has 23 heavy (non-hydrogen) atoms. The molecular weight excluding hydrogens is 360 g/mol. The number of ether oxygens (including phenoxy) is 1. The summed E-state index contributed by atoms with van der Waals surface area (Å²) in [6.07, 6.45) is 1.52. The van der Waals surface area contributed by atoms with Gasteiger partial charge in [-0.15, -0.1) is 0 Å². The van der Waals surface area contributed by atoms with E-state index in [0.29, 0.717) is 17.8 Å². The fraction of sp³-hybridized carbons (Fsp3) is 0.294. The van der Waals surface area contributed by atoms with Crippen molar-refractivity contribution < 1.29 is 14.3 Å². The van der Waals surface area contributed by atoms with Crippen LogP contribution in [0.1, 0.15) is 25.5 Å². The van der Waals surface area contributed by atoms with E-state index in [1.54, 1.807) is 6.92 Å². The first-order valence-corrected chi connectivity index (χ1v) is 8.11. The second kappa shape index (κ2) is 7.46. The molecule has 0 fully saturated rings. The van der Waals surface area contributed by atoms with Crippen LogP contribution in [0.3, 0.4) is 0 Å². The monoisotopic (exact) mass is 378 g/mol. The molecule has 0 aromatic heterocycles. The van der Waals surface area contributed by atoms with Crippen LogP contribution in [0.4, 0.5) is 4.79 Å². The van der Waals surface area contributed by atoms with Crippen LogP contribution in [0.15, 0.2) is 52.7 Å². The third kappa shape index (κ3) is 3.64. The predicted octanol–water partition coefficient (Wildman–Crippen LogP) is 3.54. The largest absolute Gasteiger partial charge is 0.458 e. The number of nitrogens with zero attached hydrogens (tertiary/aromatic N) is 1. The van der Waals surface area contributed by atoms with Crippen LogP contribution in [-0.2, 0) is 9.53 Å². The minimum absolute atomic E-state index is 0.128. The minimum atomic E-state index is -0.532. The van der Waals surface area contributed by atoms with E-state index in [9.17, 15) is 9.59 Å². The lowest BCUT2D eigenvalue weighted by molar-refractivity contribution is -0.138. The lowest BCUT2D eigenvalue weighted by Gasteiger charge is -2.34. The fourth-order valence-electron chi connectivity index (χ4n) is 2.54. The molecule has 1 heterocycles. The van der Waals surface area contributed by atoms with E-state index >= 15 is 0 Å². The molecule has 1 unspecified atom stereocenters. The van der Waals surface area contributed by atoms with Crippen molar-refractivity contribution in [1.29, 1.82) is 0 Å². The molecule has 0 aliphatic carbocycles. The number of amides is 2. The molecule has 122 valence electrons. The van der Waals surface area contributed by atoms with Gasteiger partial charge >= 0.3 is 12.0 Å². The number of hydrogen-bond donors (Lipinski definition) is 1. The van der Waals surface area contributed by atoms with E-state index in [0.717, 1.165) is 10.0 Å². The predicted molar refractivity (Wildman–Crippen MR) is 91.7 cm³/mol. The SMILES string of the molecule is C=CCOC(=O)C1=C(C)N(CC)C(=O)NC1c1ccc(Br)cc1. The Balaban J connectivity index is 2.47. The number of hydrogen-bond acceptors (Lipinski definition) is 3. The van der Waals surface area contributed by atoms with Gasteiger partial charge in [0.2, 0.25) is 0 Å². The Labute approximate surface area is 144 Å². The first kappa shape index (κ1) is 17.3. The number of carbonyl (C=O) groups is 2. The Morgan fingerprint density at radius 2 is 2.09 bits per heavy atom. The van der Waals surface area contributed by atoms with Gasteiger partial charge in [-0.25, -0.2) is 9.59 Å². The van der Waals surface area contributed by atoms with E-state index in [1.165, 1.54) is 11.0 Å². The first-order chi connectivity index (χ1) is 11.0. The van der Waals surface area contributed by atoms with Gasteiger partial charge in [0.25, 0.3) is 0 Å². The number of urea groups is 1. The van der Waals surface area contributed by atoms with Gasteiger partial charge < -0.3 is 10.1 Å². The molecule has 2 amide bonds. The van der Waals surface area contributed by atoms with Gasteiger partial charge in [0.15, 0.2) is 0 Å². The van der Waals surface area contributed by atoms with Gasteiger partial charge in [-0.1, -0.05) is 40.7 Å². The summed E-state index contributed by atoms with van der Waals surface area (Å²) in [5, 5.41) is 2.88. The number of halogens is 1. The summed E-state index contributed by atoms with van der Waals surface area (Å²) in [4.78, 5) is 26.3. The summed E-state index contributed by atoms with van der Waals surface area (Å²) in [7, 11) is 0. The van der Waals surface area contributed by atoms with Crippen LogP contribution in [0, 0.1) is 0 Å². The molecule has 2 rings (SSSR count). The average Bonchev–Trinajstić information content (AvgIpc) is 2.53. The maximum Gasteiger partial charge on any atom is 0.338 e. The molecule has 1 aromatic carbocycles. The lowest BCUT2D eigenvalue weighted by Crippen LogP contribution is -2.47. The Hall–Kier alpha value is -2.08. The van der Waals surface area contributed by atoms with Crippen LogP contribution in [-0.4, -0.2) is 30.1 Å². The molecule has 1 aromatic rings. The maximum absolute atomic E-state index is 12.5. The maximum atomic E-state index is 12.5. The van der Waals surface area contributed by atoms with Crippen LogP contribution >= 0.6 is 15.9 Å². The van der Waals surface area contributed by atoms with Crippen LogP contribution in [0.2, 0.25) is 0 Å². The topological polar surface area (TPSA) is 58.6 Å². The second-order valence-corrected chi connectivity index (χ2v) is 5.98. The van der Waals surface area contributed by atoms with E-state index in [-0.39, 0.29) is 12.6 Å². The van der Waals surface area contributed by atoms with Crippen LogP contribution < -0.4 is 5.32 Å². The molecule has 1 N–H and O–H groups in total. The first-order valence-electron chi connectivity index (χ1n) is 7.31. The quantitative estimate of drug-likeness (QED) is 0.629. The summed E-state index contributed by atoms with van der Waals surface area (Å²) in [5.41, 5.74) is 1.87. The number of rotatable bonds is 5. The van der Waals surface area contributed by atoms with Crippen molar-refractivity contribution in [3.8, 4) is 0 Å². The molecule has 0 spiro atoms. The van der Waals surface area contributed by atoms with E-state index in [2.05, 4.69) is 27.8 Å². The summed E-state index contributed by atoms with van der Waals surface area (Å²) in [6, 6.07) is 6.72. The van der Waals surface area contributed by atoms with Crippen molar-refractivity contribution >= 4 is 27.9 Å². The highest BCUT2D eigenvalue weighted by Gasteiger charge is 2.35. The fourth-order valence-corrected chi connectivity index (χ4v) is 2.81. The lowest BCUT2D eigenvalue weighted by atomic mass is 9.95. The molecule has 0 saturated carbocycles. The minimum Gasteiger partial charge on any atom is -0.458 e. The van der Waals surface area contributed by atoms with Crippen molar-refractivity contribution in [1.82, 2.24) is 10.2 Å². The molecule has 0 saturated heterocycles. The molecule has 1 aliphatic heterocycles. The highest BCUT2D eigenvalue weighted by atomic mass is 79.9. The molecule has 0 bridgehead atoms. The van der Waals surface area contributed by atoms with Crippen LogP contribution in [0.25, 0.3) is 0 Å². The smallest absolute Gasteiger partial charge is 0.338 e. The number of carbonyl (C=O) groups excluding carboxylic acids is 2. The number of nitrogens with one attached hydrogen (secondary N) is 1. The van der Waals surface area contributed by atoms with Gasteiger partial charge in [0.1, 0.15) is 6.61 Å². The normalized spacial score (nSPS) is 17.8. The zero-order valence-electron chi connectivity index (χ0n) is 13.1. The Morgan fingerprint density at radius 3 is 2.65 bits per heavy atom. The Kier molecular flexibility index (Phi) is 5.60. The number of esters is 1. The average molecular weight is 379 g/mol. The van der Waals surface area contributed by atoms with Gasteiger partial charge in [0.05, 0.1) is 11.6 Å². The van der Waals surface area contributed by atoms with Crippen molar-refractivity contribution in [3.63, 3.8) is 0 Å². The third-order valence-corrected chi connectivity index (χ3v) is 4.20. The highest BCUT2D eigenvalue weighted by molar-refractivity contribution is 9.10. The highest BCUT2D eigenvalue weighted by Crippen LogP contribution is 2.31. The molecule has 1 aliphatic rings. The standard InChI is InChI=1S/C17H19BrN2O3/c1-4-10-23-16(21)14-11(3)20(5-2)17(22)19-15(14)12-6-8-13(18)9-7-12/h4,6-9,15H,1,5,10H2,2-3H3,(H,19,22).